The first-order valence-corrected chi connectivity index (χ1v) is 9.30. The van der Waals surface area contributed by atoms with E-state index < -0.39 is 11.7 Å². The van der Waals surface area contributed by atoms with Crippen LogP contribution in [-0.2, 0) is 24.5 Å². The summed E-state index contributed by atoms with van der Waals surface area (Å²) in [5.74, 6) is 1.08. The zero-order valence-corrected chi connectivity index (χ0v) is 15.9. The van der Waals surface area contributed by atoms with Crippen molar-refractivity contribution in [3.63, 3.8) is 0 Å². The molecule has 6 nitrogen and oxygen atoms in total. The molecule has 0 N–H and O–H groups in total. The number of halogens is 3. The number of fused-ring (bicyclic) bond motifs is 1. The first-order chi connectivity index (χ1) is 13.9. The van der Waals surface area contributed by atoms with Crippen molar-refractivity contribution in [2.24, 2.45) is 7.05 Å². The number of hydrogen-bond acceptors (Lipinski definition) is 5. The zero-order valence-electron chi connectivity index (χ0n) is 15.9. The van der Waals surface area contributed by atoms with Gasteiger partial charge in [0.25, 0.3) is 0 Å². The standard InChI is InChI=1S/C20H21F3N4O2/c1-26-17-5-3-2-4-16(17)25-18(26)12-27-8-9-28-13-15(11-27)29-19-7-6-14(10-24-19)20(21,22)23/h2-7,10,15H,8-9,11-13H2,1H3/t15-/m1/s1. The second-order valence-corrected chi connectivity index (χ2v) is 7.01. The van der Waals surface area contributed by atoms with Crippen molar-refractivity contribution in [3.05, 3.63) is 54.0 Å². The molecule has 0 bridgehead atoms. The molecule has 1 aliphatic heterocycles. The molecule has 9 heteroatoms. The molecular weight excluding hydrogens is 385 g/mol. The lowest BCUT2D eigenvalue weighted by Gasteiger charge is -2.23. The number of para-hydroxylation sites is 2. The second kappa shape index (κ2) is 8.00. The summed E-state index contributed by atoms with van der Waals surface area (Å²) in [6.07, 6.45) is -3.97. The maximum atomic E-state index is 12.7. The fourth-order valence-corrected chi connectivity index (χ4v) is 3.38. The third kappa shape index (κ3) is 4.51. The molecule has 2 aromatic heterocycles. The van der Waals surface area contributed by atoms with Crippen molar-refractivity contribution in [3.8, 4) is 5.88 Å². The van der Waals surface area contributed by atoms with Crippen molar-refractivity contribution in [2.45, 2.75) is 18.8 Å². The van der Waals surface area contributed by atoms with Crippen LogP contribution in [0.2, 0.25) is 0 Å². The molecule has 0 amide bonds. The van der Waals surface area contributed by atoms with E-state index in [1.54, 1.807) is 0 Å². The van der Waals surface area contributed by atoms with Crippen LogP contribution in [0.15, 0.2) is 42.6 Å². The Bertz CT molecular complexity index is 972. The second-order valence-electron chi connectivity index (χ2n) is 7.01. The Morgan fingerprint density at radius 1 is 1.21 bits per heavy atom. The summed E-state index contributed by atoms with van der Waals surface area (Å²) in [5, 5.41) is 0. The molecule has 0 radical (unpaired) electrons. The summed E-state index contributed by atoms with van der Waals surface area (Å²) in [4.78, 5) is 10.7. The van der Waals surface area contributed by atoms with E-state index in [1.165, 1.54) is 6.07 Å². The highest BCUT2D eigenvalue weighted by Crippen LogP contribution is 2.29. The van der Waals surface area contributed by atoms with E-state index in [1.807, 2.05) is 31.3 Å². The van der Waals surface area contributed by atoms with Crippen molar-refractivity contribution in [2.75, 3.05) is 26.3 Å². The molecule has 3 aromatic rings. The molecule has 3 heterocycles. The largest absolute Gasteiger partial charge is 0.471 e. The van der Waals surface area contributed by atoms with Gasteiger partial charge in [-0.2, -0.15) is 13.2 Å². The molecule has 1 aliphatic rings. The SMILES string of the molecule is Cn1c(CN2CCOC[C@H](Oc3ccc(C(F)(F)F)cn3)C2)nc2ccccc21. The maximum Gasteiger partial charge on any atom is 0.417 e. The van der Waals surface area contributed by atoms with E-state index in [0.29, 0.717) is 32.8 Å². The first-order valence-electron chi connectivity index (χ1n) is 9.30. The molecule has 4 rings (SSSR count). The lowest BCUT2D eigenvalue weighted by Crippen LogP contribution is -2.36. The minimum atomic E-state index is -4.42. The fourth-order valence-electron chi connectivity index (χ4n) is 3.38. The number of nitrogens with zero attached hydrogens (tertiary/aromatic N) is 4. The molecule has 0 spiro atoms. The molecule has 0 saturated carbocycles. The Morgan fingerprint density at radius 3 is 2.76 bits per heavy atom. The average Bonchev–Trinajstić information content (AvgIpc) is 2.85. The molecular formula is C20H21F3N4O2. The number of benzene rings is 1. The van der Waals surface area contributed by atoms with Crippen LogP contribution in [0.5, 0.6) is 5.88 Å². The zero-order chi connectivity index (χ0) is 20.4. The monoisotopic (exact) mass is 406 g/mol. The van der Waals surface area contributed by atoms with Crippen LogP contribution in [0.3, 0.4) is 0 Å². The van der Waals surface area contributed by atoms with Crippen LogP contribution in [0.25, 0.3) is 11.0 Å². The van der Waals surface area contributed by atoms with Gasteiger partial charge < -0.3 is 14.0 Å². The van der Waals surface area contributed by atoms with E-state index in [0.717, 1.165) is 29.1 Å². The van der Waals surface area contributed by atoms with Crippen molar-refractivity contribution in [1.82, 2.24) is 19.4 Å². The molecule has 0 unspecified atom stereocenters. The van der Waals surface area contributed by atoms with Gasteiger partial charge in [0.2, 0.25) is 5.88 Å². The van der Waals surface area contributed by atoms with Crippen LogP contribution in [-0.4, -0.2) is 51.8 Å². The van der Waals surface area contributed by atoms with Gasteiger partial charge in [-0.25, -0.2) is 9.97 Å². The highest BCUT2D eigenvalue weighted by atomic mass is 19.4. The number of ether oxygens (including phenoxy) is 2. The van der Waals surface area contributed by atoms with Gasteiger partial charge in [0.15, 0.2) is 0 Å². The highest BCUT2D eigenvalue weighted by molar-refractivity contribution is 5.75. The predicted molar refractivity (Wildman–Crippen MR) is 100 cm³/mol. The van der Waals surface area contributed by atoms with E-state index in [2.05, 4.69) is 14.5 Å². The summed E-state index contributed by atoms with van der Waals surface area (Å²) < 4.78 is 51.5. The van der Waals surface area contributed by atoms with E-state index in [4.69, 9.17) is 14.5 Å². The summed E-state index contributed by atoms with van der Waals surface area (Å²) >= 11 is 0. The Kier molecular flexibility index (Phi) is 5.42. The lowest BCUT2D eigenvalue weighted by atomic mass is 10.3. The number of alkyl halides is 3. The smallest absolute Gasteiger partial charge is 0.417 e. The van der Waals surface area contributed by atoms with Crippen LogP contribution < -0.4 is 4.74 Å². The van der Waals surface area contributed by atoms with Gasteiger partial charge in [0, 0.05) is 32.4 Å². The van der Waals surface area contributed by atoms with Crippen LogP contribution in [0.4, 0.5) is 13.2 Å². The van der Waals surface area contributed by atoms with Crippen molar-refractivity contribution in [1.29, 1.82) is 0 Å². The molecule has 1 fully saturated rings. The Balaban J connectivity index is 1.44. The van der Waals surface area contributed by atoms with Crippen LogP contribution in [0, 0.1) is 0 Å². The minimum absolute atomic E-state index is 0.149. The molecule has 154 valence electrons. The summed E-state index contributed by atoms with van der Waals surface area (Å²) in [5.41, 5.74) is 1.21. The van der Waals surface area contributed by atoms with Gasteiger partial charge in [-0.15, -0.1) is 0 Å². The van der Waals surface area contributed by atoms with Crippen molar-refractivity contribution >= 4 is 11.0 Å². The van der Waals surface area contributed by atoms with E-state index in [-0.39, 0.29) is 12.0 Å². The quantitative estimate of drug-likeness (QED) is 0.666. The molecule has 0 aliphatic carbocycles. The number of hydrogen-bond donors (Lipinski definition) is 0. The van der Waals surface area contributed by atoms with E-state index >= 15 is 0 Å². The van der Waals surface area contributed by atoms with Gasteiger partial charge in [-0.1, -0.05) is 12.1 Å². The fraction of sp³-hybridized carbons (Fsp3) is 0.400. The van der Waals surface area contributed by atoms with Crippen LogP contribution in [0.1, 0.15) is 11.4 Å². The molecule has 1 saturated heterocycles. The van der Waals surface area contributed by atoms with Gasteiger partial charge in [-0.05, 0) is 18.2 Å². The van der Waals surface area contributed by atoms with Gasteiger partial charge in [-0.3, -0.25) is 4.90 Å². The molecule has 29 heavy (non-hydrogen) atoms. The van der Waals surface area contributed by atoms with Gasteiger partial charge in [0.1, 0.15) is 11.9 Å². The Morgan fingerprint density at radius 2 is 2.03 bits per heavy atom. The first kappa shape index (κ1) is 19.7. The van der Waals surface area contributed by atoms with E-state index in [9.17, 15) is 13.2 Å². The van der Waals surface area contributed by atoms with Crippen LogP contribution >= 0.6 is 0 Å². The number of pyridine rings is 1. The molecule has 1 aromatic carbocycles. The third-order valence-corrected chi connectivity index (χ3v) is 4.91. The Labute approximate surface area is 165 Å². The Hall–Kier alpha value is -2.65. The van der Waals surface area contributed by atoms with Gasteiger partial charge in [0.05, 0.1) is 36.4 Å². The summed E-state index contributed by atoms with van der Waals surface area (Å²) in [6.45, 7) is 2.79. The third-order valence-electron chi connectivity index (χ3n) is 4.91. The predicted octanol–water partition coefficient (Wildman–Crippen LogP) is 3.27. The highest BCUT2D eigenvalue weighted by Gasteiger charge is 2.31. The number of aryl methyl sites for hydroxylation is 1. The summed E-state index contributed by atoms with van der Waals surface area (Å²) in [6, 6.07) is 10.2. The normalized spacial score (nSPS) is 18.7. The summed E-state index contributed by atoms with van der Waals surface area (Å²) in [7, 11) is 1.99. The molecule has 1 atom stereocenters. The van der Waals surface area contributed by atoms with Gasteiger partial charge >= 0.3 is 6.18 Å². The minimum Gasteiger partial charge on any atom is -0.471 e. The average molecular weight is 406 g/mol. The number of aromatic nitrogens is 3. The number of imidazole rings is 1. The number of rotatable bonds is 4. The topological polar surface area (TPSA) is 52.4 Å². The maximum absolute atomic E-state index is 12.7. The lowest BCUT2D eigenvalue weighted by molar-refractivity contribution is -0.137. The van der Waals surface area contributed by atoms with Crippen molar-refractivity contribution < 1.29 is 22.6 Å².